The number of piperazine rings is 1. The van der Waals surface area contributed by atoms with Gasteiger partial charge in [0.25, 0.3) is 5.91 Å². The van der Waals surface area contributed by atoms with Crippen molar-refractivity contribution in [3.63, 3.8) is 0 Å². The average molecular weight is 222 g/mol. The highest BCUT2D eigenvalue weighted by Crippen LogP contribution is 2.06. The summed E-state index contributed by atoms with van der Waals surface area (Å²) in [6, 6.07) is 1.70. The maximum atomic E-state index is 12.0. The number of hydrogen-bond acceptors (Lipinski definition) is 3. The van der Waals surface area contributed by atoms with Gasteiger partial charge in [0.05, 0.1) is 0 Å². The normalized spacial score (nSPS) is 16.3. The van der Waals surface area contributed by atoms with Gasteiger partial charge in [0.2, 0.25) is 6.41 Å². The summed E-state index contributed by atoms with van der Waals surface area (Å²) in [6.45, 7) is 2.38. The zero-order valence-electron chi connectivity index (χ0n) is 9.17. The molecule has 2 amide bonds. The molecule has 1 aromatic heterocycles. The van der Waals surface area contributed by atoms with E-state index in [-0.39, 0.29) is 5.91 Å². The van der Waals surface area contributed by atoms with Crippen LogP contribution in [0, 0.1) is 0 Å². The quantitative estimate of drug-likeness (QED) is 0.624. The SMILES string of the molecule is Cn1nccc1C(=O)N1CCN(C=O)CC1. The average Bonchev–Trinajstić information content (AvgIpc) is 2.75. The second kappa shape index (κ2) is 4.34. The zero-order valence-corrected chi connectivity index (χ0v) is 9.17. The lowest BCUT2D eigenvalue weighted by molar-refractivity contribution is -0.119. The van der Waals surface area contributed by atoms with Crippen molar-refractivity contribution in [2.75, 3.05) is 26.2 Å². The fourth-order valence-electron chi connectivity index (χ4n) is 1.78. The van der Waals surface area contributed by atoms with E-state index < -0.39 is 0 Å². The third-order valence-electron chi connectivity index (χ3n) is 2.79. The smallest absolute Gasteiger partial charge is 0.272 e. The van der Waals surface area contributed by atoms with Crippen LogP contribution in [0.5, 0.6) is 0 Å². The lowest BCUT2D eigenvalue weighted by Gasteiger charge is -2.32. The standard InChI is InChI=1S/C10H14N4O2/c1-12-9(2-3-11-12)10(16)14-6-4-13(8-15)5-7-14/h2-3,8H,4-7H2,1H3. The van der Waals surface area contributed by atoms with E-state index in [9.17, 15) is 9.59 Å². The van der Waals surface area contributed by atoms with E-state index in [0.717, 1.165) is 6.41 Å². The first-order valence-corrected chi connectivity index (χ1v) is 5.19. The van der Waals surface area contributed by atoms with Crippen LogP contribution < -0.4 is 0 Å². The Balaban J connectivity index is 2.02. The van der Waals surface area contributed by atoms with Crippen LogP contribution in [0.4, 0.5) is 0 Å². The Morgan fingerprint density at radius 1 is 1.38 bits per heavy atom. The van der Waals surface area contributed by atoms with Gasteiger partial charge in [0, 0.05) is 39.4 Å². The van der Waals surface area contributed by atoms with Crippen molar-refractivity contribution in [2.24, 2.45) is 7.05 Å². The Bertz CT molecular complexity index is 393. The molecule has 1 aliphatic heterocycles. The summed E-state index contributed by atoms with van der Waals surface area (Å²) < 4.78 is 1.56. The molecule has 0 N–H and O–H groups in total. The van der Waals surface area contributed by atoms with Gasteiger partial charge in [-0.25, -0.2) is 0 Å². The largest absolute Gasteiger partial charge is 0.342 e. The molecule has 0 aromatic carbocycles. The van der Waals surface area contributed by atoms with E-state index in [2.05, 4.69) is 5.10 Å². The maximum absolute atomic E-state index is 12.0. The molecule has 1 fully saturated rings. The summed E-state index contributed by atoms with van der Waals surface area (Å²) in [7, 11) is 1.74. The van der Waals surface area contributed by atoms with Gasteiger partial charge in [-0.1, -0.05) is 0 Å². The van der Waals surface area contributed by atoms with E-state index in [0.29, 0.717) is 31.9 Å². The first kappa shape index (κ1) is 10.7. The molecule has 86 valence electrons. The Kier molecular flexibility index (Phi) is 2.89. The molecule has 0 bridgehead atoms. The molecule has 0 saturated carbocycles. The highest BCUT2D eigenvalue weighted by molar-refractivity contribution is 5.92. The molecule has 2 heterocycles. The molecule has 6 heteroatoms. The van der Waals surface area contributed by atoms with Crippen molar-refractivity contribution in [1.29, 1.82) is 0 Å². The van der Waals surface area contributed by atoms with Crippen molar-refractivity contribution in [2.45, 2.75) is 0 Å². The minimum Gasteiger partial charge on any atom is -0.342 e. The van der Waals surface area contributed by atoms with Crippen molar-refractivity contribution >= 4 is 12.3 Å². The topological polar surface area (TPSA) is 58.4 Å². The fourth-order valence-corrected chi connectivity index (χ4v) is 1.78. The number of aryl methyl sites for hydroxylation is 1. The van der Waals surface area contributed by atoms with Gasteiger partial charge in [-0.15, -0.1) is 0 Å². The van der Waals surface area contributed by atoms with E-state index in [1.807, 2.05) is 0 Å². The molecular weight excluding hydrogens is 208 g/mol. The highest BCUT2D eigenvalue weighted by Gasteiger charge is 2.22. The molecule has 6 nitrogen and oxygen atoms in total. The molecular formula is C10H14N4O2. The number of carbonyl (C=O) groups excluding carboxylic acids is 2. The Labute approximate surface area is 93.4 Å². The molecule has 1 saturated heterocycles. The van der Waals surface area contributed by atoms with Crippen molar-refractivity contribution in [3.8, 4) is 0 Å². The Morgan fingerprint density at radius 3 is 2.56 bits per heavy atom. The van der Waals surface area contributed by atoms with E-state index in [1.54, 1.807) is 33.8 Å². The predicted molar refractivity (Wildman–Crippen MR) is 56.7 cm³/mol. The maximum Gasteiger partial charge on any atom is 0.272 e. The van der Waals surface area contributed by atoms with Crippen LogP contribution in [0.2, 0.25) is 0 Å². The van der Waals surface area contributed by atoms with Gasteiger partial charge < -0.3 is 9.80 Å². The summed E-state index contributed by atoms with van der Waals surface area (Å²) in [5, 5.41) is 3.97. The lowest BCUT2D eigenvalue weighted by atomic mass is 10.3. The van der Waals surface area contributed by atoms with E-state index >= 15 is 0 Å². The second-order valence-corrected chi connectivity index (χ2v) is 3.77. The summed E-state index contributed by atoms with van der Waals surface area (Å²) >= 11 is 0. The molecule has 1 aromatic rings. The van der Waals surface area contributed by atoms with Gasteiger partial charge in [0.1, 0.15) is 5.69 Å². The number of aromatic nitrogens is 2. The van der Waals surface area contributed by atoms with E-state index in [1.165, 1.54) is 0 Å². The van der Waals surface area contributed by atoms with Gasteiger partial charge >= 0.3 is 0 Å². The van der Waals surface area contributed by atoms with Crippen LogP contribution in [0.1, 0.15) is 10.5 Å². The van der Waals surface area contributed by atoms with E-state index in [4.69, 9.17) is 0 Å². The molecule has 1 aliphatic rings. The Morgan fingerprint density at radius 2 is 2.06 bits per heavy atom. The number of amides is 2. The van der Waals surface area contributed by atoms with Crippen molar-refractivity contribution in [1.82, 2.24) is 19.6 Å². The molecule has 0 spiro atoms. The van der Waals surface area contributed by atoms with Crippen molar-refractivity contribution in [3.05, 3.63) is 18.0 Å². The molecule has 0 radical (unpaired) electrons. The number of rotatable bonds is 2. The monoisotopic (exact) mass is 222 g/mol. The minimum atomic E-state index is -0.0226. The van der Waals surface area contributed by atoms with Crippen LogP contribution >= 0.6 is 0 Å². The van der Waals surface area contributed by atoms with Gasteiger partial charge in [-0.2, -0.15) is 5.10 Å². The molecule has 2 rings (SSSR count). The van der Waals surface area contributed by atoms with Crippen LogP contribution in [-0.2, 0) is 11.8 Å². The fraction of sp³-hybridized carbons (Fsp3) is 0.500. The third-order valence-corrected chi connectivity index (χ3v) is 2.79. The number of hydrogen-bond donors (Lipinski definition) is 0. The van der Waals surface area contributed by atoms with Crippen LogP contribution in [0.3, 0.4) is 0 Å². The highest BCUT2D eigenvalue weighted by atomic mass is 16.2. The summed E-state index contributed by atoms with van der Waals surface area (Å²) in [6.07, 6.45) is 2.43. The third kappa shape index (κ3) is 1.91. The Hall–Kier alpha value is -1.85. The number of nitrogens with zero attached hydrogens (tertiary/aromatic N) is 4. The van der Waals surface area contributed by atoms with Gasteiger partial charge in [-0.3, -0.25) is 14.3 Å². The van der Waals surface area contributed by atoms with Crippen LogP contribution in [0.25, 0.3) is 0 Å². The van der Waals surface area contributed by atoms with Crippen LogP contribution in [-0.4, -0.2) is 58.1 Å². The second-order valence-electron chi connectivity index (χ2n) is 3.77. The molecule has 16 heavy (non-hydrogen) atoms. The predicted octanol–water partition coefficient (Wildman–Crippen LogP) is -0.666. The first-order chi connectivity index (χ1) is 7.72. The molecule has 0 unspecified atom stereocenters. The van der Waals surface area contributed by atoms with Crippen molar-refractivity contribution < 1.29 is 9.59 Å². The van der Waals surface area contributed by atoms with Gasteiger partial charge in [-0.05, 0) is 6.07 Å². The zero-order chi connectivity index (χ0) is 11.5. The minimum absolute atomic E-state index is 0.0226. The lowest BCUT2D eigenvalue weighted by Crippen LogP contribution is -2.48. The molecule has 0 atom stereocenters. The van der Waals surface area contributed by atoms with Gasteiger partial charge in [0.15, 0.2) is 0 Å². The summed E-state index contributed by atoms with van der Waals surface area (Å²) in [5.41, 5.74) is 0.583. The summed E-state index contributed by atoms with van der Waals surface area (Å²) in [4.78, 5) is 26.0. The van der Waals surface area contributed by atoms with Crippen LogP contribution in [0.15, 0.2) is 12.3 Å². The number of carbonyl (C=O) groups is 2. The molecule has 0 aliphatic carbocycles. The first-order valence-electron chi connectivity index (χ1n) is 5.19. The summed E-state index contributed by atoms with van der Waals surface area (Å²) in [5.74, 6) is -0.0226.